The Labute approximate surface area is 145 Å². The zero-order valence-corrected chi connectivity index (χ0v) is 14.5. The van der Waals surface area contributed by atoms with Gasteiger partial charge in [-0.3, -0.25) is 9.59 Å². The smallest absolute Gasteiger partial charge is 0.277 e. The highest BCUT2D eigenvalue weighted by Gasteiger charge is 2.26. The van der Waals surface area contributed by atoms with Crippen LogP contribution in [0.5, 0.6) is 0 Å². The lowest BCUT2D eigenvalue weighted by molar-refractivity contribution is 0.0525. The summed E-state index contributed by atoms with van der Waals surface area (Å²) in [6.07, 6.45) is 1.09. The summed E-state index contributed by atoms with van der Waals surface area (Å²) in [6, 6.07) is 5.38. The third-order valence-corrected chi connectivity index (χ3v) is 4.14. The van der Waals surface area contributed by atoms with Gasteiger partial charge in [0.2, 0.25) is 0 Å². The summed E-state index contributed by atoms with van der Waals surface area (Å²) >= 11 is 0. The monoisotopic (exact) mass is 347 g/mol. The Hall–Kier alpha value is -2.54. The molecule has 25 heavy (non-hydrogen) atoms. The third kappa shape index (κ3) is 4.11. The van der Waals surface area contributed by atoms with E-state index in [2.05, 4.69) is 15.5 Å². The van der Waals surface area contributed by atoms with E-state index in [1.165, 1.54) is 31.2 Å². The van der Waals surface area contributed by atoms with Crippen molar-refractivity contribution in [2.24, 2.45) is 0 Å². The van der Waals surface area contributed by atoms with Crippen molar-refractivity contribution in [1.82, 2.24) is 15.5 Å². The molecule has 7 heteroatoms. The lowest BCUT2D eigenvalue weighted by atomic mass is 9.95. The van der Waals surface area contributed by atoms with Crippen LogP contribution in [0.15, 0.2) is 29.1 Å². The van der Waals surface area contributed by atoms with Crippen LogP contribution < -0.4 is 10.9 Å². The molecule has 1 unspecified atom stereocenters. The average Bonchev–Trinajstić information content (AvgIpc) is 2.59. The summed E-state index contributed by atoms with van der Waals surface area (Å²) in [5, 5.41) is 19.4. The van der Waals surface area contributed by atoms with Gasteiger partial charge in [-0.25, -0.2) is 9.49 Å². The maximum Gasteiger partial charge on any atom is 0.277 e. The van der Waals surface area contributed by atoms with Crippen LogP contribution in [-0.2, 0) is 18.4 Å². The molecule has 1 aromatic heterocycles. The topological polar surface area (TPSA) is 95.1 Å². The van der Waals surface area contributed by atoms with Crippen molar-refractivity contribution in [2.75, 3.05) is 6.54 Å². The molecule has 0 aliphatic rings. The van der Waals surface area contributed by atoms with Crippen molar-refractivity contribution in [2.45, 2.75) is 39.2 Å². The molecule has 0 aliphatic heterocycles. The number of benzene rings is 1. The quantitative estimate of drug-likeness (QED) is 0.741. The summed E-state index contributed by atoms with van der Waals surface area (Å²) in [4.78, 5) is 24.6. The minimum absolute atomic E-state index is 0.0178. The molecule has 0 saturated heterocycles. The van der Waals surface area contributed by atoms with Gasteiger partial charge >= 0.3 is 0 Å². The second-order valence-corrected chi connectivity index (χ2v) is 6.02. The van der Waals surface area contributed by atoms with E-state index in [0.29, 0.717) is 29.7 Å². The number of aromatic nitrogens is 2. The maximum absolute atomic E-state index is 13.0. The molecule has 1 atom stereocenters. The molecule has 0 bridgehead atoms. The lowest BCUT2D eigenvalue weighted by Crippen LogP contribution is -2.41. The van der Waals surface area contributed by atoms with E-state index in [-0.39, 0.29) is 12.1 Å². The number of aromatic amines is 1. The summed E-state index contributed by atoms with van der Waals surface area (Å²) in [6.45, 7) is 5.13. The largest absolute Gasteiger partial charge is 0.384 e. The van der Waals surface area contributed by atoms with Crippen LogP contribution in [0.4, 0.5) is 4.39 Å². The SMILES string of the molecule is CCc1n[nH]c(=O)c(C(=O)NCC(C)(O)c2ccc(F)cc2)c1CC. The van der Waals surface area contributed by atoms with Crippen LogP contribution in [0.1, 0.15) is 48.0 Å². The van der Waals surface area contributed by atoms with Crippen LogP contribution >= 0.6 is 0 Å². The molecule has 0 spiro atoms. The number of hydrogen-bond donors (Lipinski definition) is 3. The van der Waals surface area contributed by atoms with Crippen LogP contribution in [0.25, 0.3) is 0 Å². The Kier molecular flexibility index (Phi) is 5.69. The molecule has 134 valence electrons. The molecule has 6 nitrogen and oxygen atoms in total. The van der Waals surface area contributed by atoms with Gasteiger partial charge in [0.15, 0.2) is 0 Å². The maximum atomic E-state index is 13.0. The van der Waals surface area contributed by atoms with E-state index >= 15 is 0 Å². The number of rotatable bonds is 6. The van der Waals surface area contributed by atoms with Crippen LogP contribution in [0.2, 0.25) is 0 Å². The molecule has 3 N–H and O–H groups in total. The number of amides is 1. The van der Waals surface area contributed by atoms with Gasteiger partial charge in [-0.05, 0) is 43.0 Å². The molecule has 2 rings (SSSR count). The first kappa shape index (κ1) is 18.8. The number of carbonyl (C=O) groups is 1. The van der Waals surface area contributed by atoms with Crippen molar-refractivity contribution < 1.29 is 14.3 Å². The Bertz CT molecular complexity index is 813. The van der Waals surface area contributed by atoms with E-state index in [0.717, 1.165) is 0 Å². The number of aliphatic hydroxyl groups is 1. The number of H-pyrrole nitrogens is 1. The highest BCUT2D eigenvalue weighted by atomic mass is 19.1. The summed E-state index contributed by atoms with van der Waals surface area (Å²) in [5.41, 5.74) is -0.217. The first-order valence-electron chi connectivity index (χ1n) is 8.17. The number of nitrogens with one attached hydrogen (secondary N) is 2. The van der Waals surface area contributed by atoms with Gasteiger partial charge in [0, 0.05) is 0 Å². The number of hydrogen-bond acceptors (Lipinski definition) is 4. The molecule has 0 fully saturated rings. The number of nitrogens with zero attached hydrogens (tertiary/aromatic N) is 1. The fourth-order valence-electron chi connectivity index (χ4n) is 2.69. The van der Waals surface area contributed by atoms with Gasteiger partial charge in [-0.2, -0.15) is 5.10 Å². The molecular formula is C18H22FN3O3. The number of halogens is 1. The van der Waals surface area contributed by atoms with Gasteiger partial charge in [0.05, 0.1) is 12.2 Å². The summed E-state index contributed by atoms with van der Waals surface area (Å²) in [5.74, 6) is -0.982. The van der Waals surface area contributed by atoms with E-state index in [1.807, 2.05) is 13.8 Å². The van der Waals surface area contributed by atoms with Gasteiger partial charge < -0.3 is 10.4 Å². The minimum atomic E-state index is -1.40. The average molecular weight is 347 g/mol. The molecule has 1 amide bonds. The minimum Gasteiger partial charge on any atom is -0.384 e. The molecule has 1 heterocycles. The van der Waals surface area contributed by atoms with E-state index < -0.39 is 22.9 Å². The van der Waals surface area contributed by atoms with E-state index in [1.54, 1.807) is 0 Å². The van der Waals surface area contributed by atoms with Crippen molar-refractivity contribution in [3.05, 3.63) is 62.8 Å². The Morgan fingerprint density at radius 1 is 1.28 bits per heavy atom. The number of carbonyl (C=O) groups excluding carboxylic acids is 1. The van der Waals surface area contributed by atoms with Crippen molar-refractivity contribution in [3.63, 3.8) is 0 Å². The molecule has 1 aromatic carbocycles. The Balaban J connectivity index is 2.23. The first-order valence-corrected chi connectivity index (χ1v) is 8.17. The van der Waals surface area contributed by atoms with Crippen LogP contribution in [-0.4, -0.2) is 27.8 Å². The van der Waals surface area contributed by atoms with Gasteiger partial charge in [-0.15, -0.1) is 0 Å². The third-order valence-electron chi connectivity index (χ3n) is 4.14. The zero-order chi connectivity index (χ0) is 18.6. The Morgan fingerprint density at radius 2 is 1.92 bits per heavy atom. The molecule has 0 saturated carbocycles. The van der Waals surface area contributed by atoms with Crippen molar-refractivity contribution in [3.8, 4) is 0 Å². The lowest BCUT2D eigenvalue weighted by Gasteiger charge is -2.24. The molecule has 2 aromatic rings. The number of aryl methyl sites for hydroxylation is 1. The van der Waals surface area contributed by atoms with E-state index in [4.69, 9.17) is 0 Å². The standard InChI is InChI=1S/C18H22FN3O3/c1-4-13-14(5-2)21-22-17(24)15(13)16(23)20-10-18(3,25)11-6-8-12(19)9-7-11/h6-9,25H,4-5,10H2,1-3H3,(H,20,23)(H,22,24). The summed E-state index contributed by atoms with van der Waals surface area (Å²) in [7, 11) is 0. The highest BCUT2D eigenvalue weighted by Crippen LogP contribution is 2.20. The predicted molar refractivity (Wildman–Crippen MR) is 91.9 cm³/mol. The molecular weight excluding hydrogens is 325 g/mol. The first-order chi connectivity index (χ1) is 11.8. The predicted octanol–water partition coefficient (Wildman–Crippen LogP) is 1.67. The van der Waals surface area contributed by atoms with Gasteiger partial charge in [0.1, 0.15) is 17.0 Å². The van der Waals surface area contributed by atoms with Crippen LogP contribution in [0.3, 0.4) is 0 Å². The molecule has 0 aliphatic carbocycles. The van der Waals surface area contributed by atoms with Crippen LogP contribution in [0, 0.1) is 5.82 Å². The zero-order valence-electron chi connectivity index (χ0n) is 14.5. The van der Waals surface area contributed by atoms with E-state index in [9.17, 15) is 19.1 Å². The second-order valence-electron chi connectivity index (χ2n) is 6.02. The Morgan fingerprint density at radius 3 is 2.48 bits per heavy atom. The highest BCUT2D eigenvalue weighted by molar-refractivity contribution is 5.95. The summed E-state index contributed by atoms with van der Waals surface area (Å²) < 4.78 is 13.0. The van der Waals surface area contributed by atoms with Crippen molar-refractivity contribution >= 4 is 5.91 Å². The van der Waals surface area contributed by atoms with Gasteiger partial charge in [0.25, 0.3) is 11.5 Å². The normalized spacial score (nSPS) is 13.3. The fourth-order valence-corrected chi connectivity index (χ4v) is 2.69. The van der Waals surface area contributed by atoms with Crippen molar-refractivity contribution in [1.29, 1.82) is 0 Å². The fraction of sp³-hybridized carbons (Fsp3) is 0.389. The van der Waals surface area contributed by atoms with Gasteiger partial charge in [-0.1, -0.05) is 26.0 Å². The molecule has 0 radical (unpaired) electrons. The second kappa shape index (κ2) is 7.57.